The van der Waals surface area contributed by atoms with Crippen molar-refractivity contribution in [1.82, 2.24) is 5.16 Å². The van der Waals surface area contributed by atoms with Gasteiger partial charge in [-0.2, -0.15) is 0 Å². The van der Waals surface area contributed by atoms with E-state index in [0.29, 0.717) is 22.8 Å². The molecule has 0 aliphatic rings. The average molecular weight is 305 g/mol. The van der Waals surface area contributed by atoms with Crippen LogP contribution < -0.4 is 15.8 Å². The van der Waals surface area contributed by atoms with Crippen LogP contribution in [0.2, 0.25) is 0 Å². The molecule has 1 amide bonds. The van der Waals surface area contributed by atoms with Crippen LogP contribution in [0.3, 0.4) is 0 Å². The fourth-order valence-corrected chi connectivity index (χ4v) is 1.80. The third-order valence-corrected chi connectivity index (χ3v) is 2.65. The van der Waals surface area contributed by atoms with Crippen molar-refractivity contribution in [1.29, 1.82) is 0 Å². The second-order valence-electron chi connectivity index (χ2n) is 5.66. The normalized spacial score (nSPS) is 11.1. The van der Waals surface area contributed by atoms with E-state index in [2.05, 4.69) is 10.5 Å². The highest BCUT2D eigenvalue weighted by Gasteiger charge is 2.18. The third kappa shape index (κ3) is 3.91. The molecule has 1 heterocycles. The van der Waals surface area contributed by atoms with Gasteiger partial charge in [0.1, 0.15) is 11.4 Å². The maximum Gasteiger partial charge on any atom is 0.412 e. The van der Waals surface area contributed by atoms with Gasteiger partial charge < -0.3 is 19.7 Å². The van der Waals surface area contributed by atoms with Crippen molar-refractivity contribution >= 4 is 17.6 Å². The molecular weight excluding hydrogens is 286 g/mol. The second kappa shape index (κ2) is 5.97. The number of nitrogen functional groups attached to an aromatic ring is 1. The number of carbonyl (C=O) groups excluding carboxylic acids is 1. The Labute approximate surface area is 128 Å². The Balaban J connectivity index is 2.27. The molecule has 2 rings (SSSR count). The summed E-state index contributed by atoms with van der Waals surface area (Å²) in [5.74, 6) is 1.28. The largest absolute Gasteiger partial charge is 0.495 e. The first-order valence-electron chi connectivity index (χ1n) is 6.69. The summed E-state index contributed by atoms with van der Waals surface area (Å²) in [6, 6.07) is 6.78. The predicted molar refractivity (Wildman–Crippen MR) is 82.8 cm³/mol. The van der Waals surface area contributed by atoms with Crippen molar-refractivity contribution in [3.8, 4) is 17.1 Å². The molecule has 1 aromatic heterocycles. The summed E-state index contributed by atoms with van der Waals surface area (Å²) in [5.41, 5.74) is 6.12. The van der Waals surface area contributed by atoms with Crippen molar-refractivity contribution in [2.24, 2.45) is 0 Å². The number of nitrogens with two attached hydrogens (primary N) is 1. The Morgan fingerprint density at radius 1 is 1.32 bits per heavy atom. The summed E-state index contributed by atoms with van der Waals surface area (Å²) in [6.07, 6.45) is -0.569. The number of hydrogen-bond donors (Lipinski definition) is 2. The molecule has 0 bridgehead atoms. The van der Waals surface area contributed by atoms with E-state index in [-0.39, 0.29) is 5.82 Å². The van der Waals surface area contributed by atoms with Gasteiger partial charge in [-0.1, -0.05) is 5.16 Å². The lowest BCUT2D eigenvalue weighted by atomic mass is 10.1. The molecule has 22 heavy (non-hydrogen) atoms. The molecule has 7 nitrogen and oxygen atoms in total. The van der Waals surface area contributed by atoms with Gasteiger partial charge in [0.2, 0.25) is 0 Å². The SMILES string of the molecule is COc1ccc(-c2cc(N)no2)cc1NC(=O)OC(C)(C)C. The van der Waals surface area contributed by atoms with Crippen LogP contribution >= 0.6 is 0 Å². The van der Waals surface area contributed by atoms with Gasteiger partial charge in [-0.3, -0.25) is 5.32 Å². The monoisotopic (exact) mass is 305 g/mol. The highest BCUT2D eigenvalue weighted by atomic mass is 16.6. The molecule has 0 unspecified atom stereocenters. The summed E-state index contributed by atoms with van der Waals surface area (Å²) >= 11 is 0. The summed E-state index contributed by atoms with van der Waals surface area (Å²) in [5, 5.41) is 6.29. The highest BCUT2D eigenvalue weighted by molar-refractivity contribution is 5.88. The first kappa shape index (κ1) is 15.7. The topological polar surface area (TPSA) is 99.6 Å². The van der Waals surface area contributed by atoms with Crippen LogP contribution in [0.4, 0.5) is 16.3 Å². The minimum absolute atomic E-state index is 0.285. The molecule has 0 saturated carbocycles. The maximum atomic E-state index is 11.9. The van der Waals surface area contributed by atoms with E-state index in [0.717, 1.165) is 0 Å². The number of benzene rings is 1. The lowest BCUT2D eigenvalue weighted by Gasteiger charge is -2.20. The molecule has 0 atom stereocenters. The van der Waals surface area contributed by atoms with E-state index in [1.165, 1.54) is 7.11 Å². The number of methoxy groups -OCH3 is 1. The zero-order valence-electron chi connectivity index (χ0n) is 13.0. The number of amides is 1. The number of nitrogens with one attached hydrogen (secondary N) is 1. The Morgan fingerprint density at radius 3 is 2.59 bits per heavy atom. The van der Waals surface area contributed by atoms with Crippen LogP contribution in [-0.4, -0.2) is 24.0 Å². The number of anilines is 2. The van der Waals surface area contributed by atoms with Crippen LogP contribution in [0, 0.1) is 0 Å². The Bertz CT molecular complexity index is 674. The van der Waals surface area contributed by atoms with Gasteiger partial charge >= 0.3 is 6.09 Å². The lowest BCUT2D eigenvalue weighted by Crippen LogP contribution is -2.27. The Kier molecular flexibility index (Phi) is 4.25. The van der Waals surface area contributed by atoms with Gasteiger partial charge in [0, 0.05) is 11.6 Å². The molecule has 118 valence electrons. The van der Waals surface area contributed by atoms with E-state index in [1.807, 2.05) is 0 Å². The van der Waals surface area contributed by atoms with Crippen LogP contribution in [-0.2, 0) is 4.74 Å². The van der Waals surface area contributed by atoms with Gasteiger partial charge in [-0.05, 0) is 39.0 Å². The molecule has 0 spiro atoms. The second-order valence-corrected chi connectivity index (χ2v) is 5.66. The number of carbonyl (C=O) groups is 1. The maximum absolute atomic E-state index is 11.9. The van der Waals surface area contributed by atoms with E-state index in [1.54, 1.807) is 45.0 Å². The van der Waals surface area contributed by atoms with Crippen molar-refractivity contribution < 1.29 is 18.8 Å². The van der Waals surface area contributed by atoms with Crippen molar-refractivity contribution in [3.05, 3.63) is 24.3 Å². The van der Waals surface area contributed by atoms with Crippen LogP contribution in [0.25, 0.3) is 11.3 Å². The lowest BCUT2D eigenvalue weighted by molar-refractivity contribution is 0.0635. The van der Waals surface area contributed by atoms with Crippen LogP contribution in [0.5, 0.6) is 5.75 Å². The smallest absolute Gasteiger partial charge is 0.412 e. The zero-order chi connectivity index (χ0) is 16.3. The minimum atomic E-state index is -0.589. The van der Waals surface area contributed by atoms with E-state index in [9.17, 15) is 4.79 Å². The first-order valence-corrected chi connectivity index (χ1v) is 6.69. The van der Waals surface area contributed by atoms with Gasteiger partial charge in [0.15, 0.2) is 11.6 Å². The van der Waals surface area contributed by atoms with Gasteiger partial charge in [-0.15, -0.1) is 0 Å². The van der Waals surface area contributed by atoms with E-state index in [4.69, 9.17) is 19.7 Å². The summed E-state index contributed by atoms with van der Waals surface area (Å²) in [7, 11) is 1.52. The van der Waals surface area contributed by atoms with Crippen LogP contribution in [0.15, 0.2) is 28.8 Å². The molecule has 2 aromatic rings. The van der Waals surface area contributed by atoms with Gasteiger partial charge in [-0.25, -0.2) is 4.79 Å². The van der Waals surface area contributed by atoms with Crippen molar-refractivity contribution in [2.75, 3.05) is 18.2 Å². The first-order chi connectivity index (χ1) is 10.3. The molecule has 3 N–H and O–H groups in total. The van der Waals surface area contributed by atoms with Gasteiger partial charge in [0.05, 0.1) is 12.8 Å². The Morgan fingerprint density at radius 2 is 2.05 bits per heavy atom. The molecule has 7 heteroatoms. The molecule has 0 saturated heterocycles. The molecule has 0 aliphatic heterocycles. The molecular formula is C15H19N3O4. The summed E-state index contributed by atoms with van der Waals surface area (Å²) < 4.78 is 15.6. The zero-order valence-corrected chi connectivity index (χ0v) is 13.0. The summed E-state index contributed by atoms with van der Waals surface area (Å²) in [4.78, 5) is 11.9. The number of nitrogens with zero attached hydrogens (tertiary/aromatic N) is 1. The van der Waals surface area contributed by atoms with Crippen LogP contribution in [0.1, 0.15) is 20.8 Å². The van der Waals surface area contributed by atoms with Crippen molar-refractivity contribution in [2.45, 2.75) is 26.4 Å². The standard InChI is InChI=1S/C15H19N3O4/c1-15(2,3)21-14(19)17-10-7-9(5-6-11(10)20-4)12-8-13(16)18-22-12/h5-8H,1-4H3,(H2,16,18)(H,17,19). The number of hydrogen-bond acceptors (Lipinski definition) is 6. The van der Waals surface area contributed by atoms with Gasteiger partial charge in [0.25, 0.3) is 0 Å². The molecule has 0 fully saturated rings. The third-order valence-electron chi connectivity index (χ3n) is 2.65. The fraction of sp³-hybridized carbons (Fsp3) is 0.333. The molecule has 0 aliphatic carbocycles. The fourth-order valence-electron chi connectivity index (χ4n) is 1.80. The minimum Gasteiger partial charge on any atom is -0.495 e. The quantitative estimate of drug-likeness (QED) is 0.902. The predicted octanol–water partition coefficient (Wildman–Crippen LogP) is 3.28. The van der Waals surface area contributed by atoms with E-state index >= 15 is 0 Å². The molecule has 1 aromatic carbocycles. The van der Waals surface area contributed by atoms with E-state index < -0.39 is 11.7 Å². The summed E-state index contributed by atoms with van der Waals surface area (Å²) in [6.45, 7) is 5.37. The molecule has 0 radical (unpaired) electrons. The van der Waals surface area contributed by atoms with Crippen molar-refractivity contribution in [3.63, 3.8) is 0 Å². The highest BCUT2D eigenvalue weighted by Crippen LogP contribution is 2.31. The number of rotatable bonds is 3. The number of ether oxygens (including phenoxy) is 2. The average Bonchev–Trinajstić information content (AvgIpc) is 2.83. The number of aromatic nitrogens is 1. The Hall–Kier alpha value is -2.70.